The van der Waals surface area contributed by atoms with E-state index in [2.05, 4.69) is 51.6 Å². The molecule has 2 aliphatic rings. The summed E-state index contributed by atoms with van der Waals surface area (Å²) < 4.78 is 11.1. The molecule has 0 radical (unpaired) electrons. The Morgan fingerprint density at radius 2 is 1.73 bits per heavy atom. The van der Waals surface area contributed by atoms with Gasteiger partial charge in [0.2, 0.25) is 0 Å². The lowest BCUT2D eigenvalue weighted by molar-refractivity contribution is 0.0344. The Morgan fingerprint density at radius 1 is 1.00 bits per heavy atom. The molecule has 3 aromatic rings. The Kier molecular flexibility index (Phi) is 5.95. The molecule has 3 heterocycles. The molecule has 0 saturated carbocycles. The van der Waals surface area contributed by atoms with Crippen molar-refractivity contribution in [3.63, 3.8) is 0 Å². The first kappa shape index (κ1) is 19.9. The molecule has 0 unspecified atom stereocenters. The van der Waals surface area contributed by atoms with E-state index in [1.807, 2.05) is 6.07 Å². The van der Waals surface area contributed by atoms with Crippen LogP contribution >= 0.6 is 11.6 Å². The zero-order valence-electron chi connectivity index (χ0n) is 17.1. The van der Waals surface area contributed by atoms with Gasteiger partial charge in [-0.2, -0.15) is 0 Å². The summed E-state index contributed by atoms with van der Waals surface area (Å²) in [5, 5.41) is 5.69. The van der Waals surface area contributed by atoms with E-state index in [1.165, 1.54) is 22.2 Å². The maximum Gasteiger partial charge on any atom is 0.0699 e. The third kappa shape index (κ3) is 4.21. The number of benzene rings is 2. The van der Waals surface area contributed by atoms with E-state index in [1.54, 1.807) is 0 Å². The molecule has 5 nitrogen and oxygen atoms in total. The van der Waals surface area contributed by atoms with Crippen molar-refractivity contribution in [2.45, 2.75) is 25.4 Å². The number of halogens is 1. The maximum absolute atomic E-state index is 6.60. The summed E-state index contributed by atoms with van der Waals surface area (Å²) in [5.41, 5.74) is 5.89. The number of H-pyrrole nitrogens is 1. The Bertz CT molecular complexity index is 993. The van der Waals surface area contributed by atoms with E-state index in [9.17, 15) is 0 Å². The van der Waals surface area contributed by atoms with Gasteiger partial charge in [0.05, 0.1) is 30.1 Å². The van der Waals surface area contributed by atoms with E-state index in [0.29, 0.717) is 6.04 Å². The van der Waals surface area contributed by atoms with Gasteiger partial charge in [0, 0.05) is 49.3 Å². The van der Waals surface area contributed by atoms with Gasteiger partial charge >= 0.3 is 0 Å². The van der Waals surface area contributed by atoms with Crippen molar-refractivity contribution in [3.05, 3.63) is 53.1 Å². The molecule has 0 amide bonds. The number of nitrogens with one attached hydrogen (secondary N) is 2. The van der Waals surface area contributed by atoms with E-state index < -0.39 is 0 Å². The minimum absolute atomic E-state index is 0.409. The molecular weight excluding hydrogens is 398 g/mol. The number of nitrogens with zero attached hydrogens (tertiary/aromatic N) is 1. The molecule has 30 heavy (non-hydrogen) atoms. The number of rotatable bonds is 5. The zero-order valence-corrected chi connectivity index (χ0v) is 17.9. The van der Waals surface area contributed by atoms with E-state index in [0.717, 1.165) is 75.1 Å². The smallest absolute Gasteiger partial charge is 0.0699 e. The first-order chi connectivity index (χ1) is 14.8. The van der Waals surface area contributed by atoms with Gasteiger partial charge in [0.25, 0.3) is 0 Å². The highest BCUT2D eigenvalue weighted by molar-refractivity contribution is 6.32. The Balaban J connectivity index is 1.59. The lowest BCUT2D eigenvalue weighted by Gasteiger charge is -2.27. The normalized spacial score (nSPS) is 18.7. The summed E-state index contributed by atoms with van der Waals surface area (Å²) in [6, 6.07) is 15.1. The number of aromatic amines is 1. The van der Waals surface area contributed by atoms with Crippen LogP contribution in [0.1, 0.15) is 18.4 Å². The first-order valence-corrected chi connectivity index (χ1v) is 11.2. The average molecular weight is 426 g/mol. The predicted octanol–water partition coefficient (Wildman–Crippen LogP) is 4.91. The van der Waals surface area contributed by atoms with Crippen LogP contribution in [-0.4, -0.2) is 55.4 Å². The quantitative estimate of drug-likeness (QED) is 0.609. The molecule has 1 aromatic heterocycles. The summed E-state index contributed by atoms with van der Waals surface area (Å²) in [6.45, 7) is 5.99. The zero-order chi connectivity index (χ0) is 20.3. The molecule has 2 saturated heterocycles. The minimum Gasteiger partial charge on any atom is -0.381 e. The highest BCUT2D eigenvalue weighted by Gasteiger charge is 2.22. The molecule has 2 aromatic carbocycles. The third-order valence-corrected chi connectivity index (χ3v) is 6.33. The SMILES string of the molecule is Clc1cc(NC2CCOCC2)c2[nH]c(-c3ccccc3)c(CN3CCOCC3)c2c1. The summed E-state index contributed by atoms with van der Waals surface area (Å²) in [6.07, 6.45) is 2.03. The molecule has 2 aliphatic heterocycles. The summed E-state index contributed by atoms with van der Waals surface area (Å²) in [4.78, 5) is 6.21. The van der Waals surface area contributed by atoms with Crippen molar-refractivity contribution in [1.82, 2.24) is 9.88 Å². The fourth-order valence-electron chi connectivity index (χ4n) is 4.49. The lowest BCUT2D eigenvalue weighted by Crippen LogP contribution is -2.35. The fraction of sp³-hybridized carbons (Fsp3) is 0.417. The highest BCUT2D eigenvalue weighted by atomic mass is 35.5. The van der Waals surface area contributed by atoms with Gasteiger partial charge in [0.15, 0.2) is 0 Å². The maximum atomic E-state index is 6.60. The minimum atomic E-state index is 0.409. The second-order valence-electron chi connectivity index (χ2n) is 8.14. The van der Waals surface area contributed by atoms with Crippen LogP contribution in [0.2, 0.25) is 5.02 Å². The van der Waals surface area contributed by atoms with Crippen LogP contribution < -0.4 is 5.32 Å². The number of morpholine rings is 1. The second kappa shape index (κ2) is 8.98. The second-order valence-corrected chi connectivity index (χ2v) is 8.58. The predicted molar refractivity (Wildman–Crippen MR) is 122 cm³/mol. The number of ether oxygens (including phenoxy) is 2. The van der Waals surface area contributed by atoms with Gasteiger partial charge in [-0.05, 0) is 36.1 Å². The Hall–Kier alpha value is -2.05. The van der Waals surface area contributed by atoms with Gasteiger partial charge in [-0.1, -0.05) is 41.9 Å². The van der Waals surface area contributed by atoms with Gasteiger partial charge in [0.1, 0.15) is 0 Å². The first-order valence-electron chi connectivity index (χ1n) is 10.8. The standard InChI is InChI=1S/C24H28ClN3O2/c25-18-14-20-21(16-28-8-12-30-13-9-28)23(17-4-2-1-3-5-17)27-24(20)22(15-18)26-19-6-10-29-11-7-19/h1-5,14-15,19,26-27H,6-13,16H2. The molecule has 0 aliphatic carbocycles. The summed E-state index contributed by atoms with van der Waals surface area (Å²) in [7, 11) is 0. The molecule has 0 spiro atoms. The lowest BCUT2D eigenvalue weighted by atomic mass is 10.0. The van der Waals surface area contributed by atoms with Crippen LogP contribution in [0, 0.1) is 0 Å². The molecule has 2 fully saturated rings. The topological polar surface area (TPSA) is 49.5 Å². The van der Waals surface area contributed by atoms with Gasteiger partial charge in [-0.25, -0.2) is 0 Å². The molecular formula is C24H28ClN3O2. The molecule has 0 bridgehead atoms. The number of hydrogen-bond acceptors (Lipinski definition) is 4. The van der Waals surface area contributed by atoms with E-state index in [4.69, 9.17) is 21.1 Å². The largest absolute Gasteiger partial charge is 0.381 e. The Labute approximate surface area is 182 Å². The average Bonchev–Trinajstić information content (AvgIpc) is 3.14. The molecule has 2 N–H and O–H groups in total. The van der Waals surface area contributed by atoms with Crippen molar-refractivity contribution < 1.29 is 9.47 Å². The number of anilines is 1. The van der Waals surface area contributed by atoms with Crippen LogP contribution in [0.4, 0.5) is 5.69 Å². The molecule has 158 valence electrons. The monoisotopic (exact) mass is 425 g/mol. The summed E-state index contributed by atoms with van der Waals surface area (Å²) in [5.74, 6) is 0. The van der Waals surface area contributed by atoms with Crippen LogP contribution in [0.25, 0.3) is 22.2 Å². The third-order valence-electron chi connectivity index (χ3n) is 6.11. The Morgan fingerprint density at radius 3 is 2.50 bits per heavy atom. The van der Waals surface area contributed by atoms with Crippen molar-refractivity contribution in [2.24, 2.45) is 0 Å². The van der Waals surface area contributed by atoms with E-state index >= 15 is 0 Å². The number of hydrogen-bond donors (Lipinski definition) is 2. The van der Waals surface area contributed by atoms with Crippen LogP contribution in [0.5, 0.6) is 0 Å². The number of fused-ring (bicyclic) bond motifs is 1. The van der Waals surface area contributed by atoms with Crippen molar-refractivity contribution in [2.75, 3.05) is 44.8 Å². The number of aromatic nitrogens is 1. The van der Waals surface area contributed by atoms with Crippen LogP contribution in [0.3, 0.4) is 0 Å². The fourth-order valence-corrected chi connectivity index (χ4v) is 4.71. The van der Waals surface area contributed by atoms with Gasteiger partial charge < -0.3 is 19.8 Å². The van der Waals surface area contributed by atoms with Crippen molar-refractivity contribution in [3.8, 4) is 11.3 Å². The van der Waals surface area contributed by atoms with Crippen LogP contribution in [0.15, 0.2) is 42.5 Å². The molecule has 0 atom stereocenters. The van der Waals surface area contributed by atoms with Crippen molar-refractivity contribution in [1.29, 1.82) is 0 Å². The van der Waals surface area contributed by atoms with Crippen molar-refractivity contribution >= 4 is 28.2 Å². The van der Waals surface area contributed by atoms with E-state index in [-0.39, 0.29) is 0 Å². The highest BCUT2D eigenvalue weighted by Crippen LogP contribution is 2.37. The van der Waals surface area contributed by atoms with Gasteiger partial charge in [-0.3, -0.25) is 4.90 Å². The summed E-state index contributed by atoms with van der Waals surface area (Å²) >= 11 is 6.60. The molecule has 6 heteroatoms. The van der Waals surface area contributed by atoms with Crippen LogP contribution in [-0.2, 0) is 16.0 Å². The van der Waals surface area contributed by atoms with Gasteiger partial charge in [-0.15, -0.1) is 0 Å². The molecule has 5 rings (SSSR count).